The summed E-state index contributed by atoms with van der Waals surface area (Å²) in [5.74, 6) is -0.0839. The summed E-state index contributed by atoms with van der Waals surface area (Å²) >= 11 is 0. The third kappa shape index (κ3) is 3.46. The minimum Gasteiger partial charge on any atom is -0.466 e. The van der Waals surface area contributed by atoms with Gasteiger partial charge < -0.3 is 14.9 Å². The fraction of sp³-hybridized carbons (Fsp3) is 0.579. The normalized spacial score (nSPS) is 22.6. The molecule has 5 nitrogen and oxygen atoms in total. The van der Waals surface area contributed by atoms with Crippen molar-refractivity contribution in [1.29, 1.82) is 0 Å². The molecule has 0 radical (unpaired) electrons. The van der Waals surface area contributed by atoms with Crippen LogP contribution >= 0.6 is 0 Å². The molecule has 0 aliphatic carbocycles. The van der Waals surface area contributed by atoms with E-state index in [4.69, 9.17) is 9.57 Å². The van der Waals surface area contributed by atoms with E-state index in [1.807, 2.05) is 19.1 Å². The molecule has 1 N–H and O–H groups in total. The topological polar surface area (TPSA) is 59.9 Å². The van der Waals surface area contributed by atoms with Crippen LogP contribution < -0.4 is 5.32 Å². The Morgan fingerprint density at radius 2 is 2.12 bits per heavy atom. The highest BCUT2D eigenvalue weighted by atomic mass is 16.6. The Morgan fingerprint density at radius 3 is 2.83 bits per heavy atom. The summed E-state index contributed by atoms with van der Waals surface area (Å²) in [5, 5.41) is 7.63. The van der Waals surface area contributed by atoms with E-state index in [9.17, 15) is 4.79 Å². The lowest BCUT2D eigenvalue weighted by Crippen LogP contribution is -2.45. The summed E-state index contributed by atoms with van der Waals surface area (Å²) in [6.45, 7) is 6.05. The quantitative estimate of drug-likeness (QED) is 0.844. The van der Waals surface area contributed by atoms with Crippen molar-refractivity contribution in [3.8, 4) is 0 Å². The number of aryl methyl sites for hydroxylation is 1. The Morgan fingerprint density at radius 1 is 1.38 bits per heavy atom. The van der Waals surface area contributed by atoms with Gasteiger partial charge in [0.1, 0.15) is 6.10 Å². The molecular formula is C19H26N2O3. The van der Waals surface area contributed by atoms with Crippen molar-refractivity contribution in [3.63, 3.8) is 0 Å². The smallest absolute Gasteiger partial charge is 0.312 e. The van der Waals surface area contributed by atoms with Gasteiger partial charge in [-0.25, -0.2) is 0 Å². The van der Waals surface area contributed by atoms with Crippen LogP contribution in [-0.4, -0.2) is 37.5 Å². The van der Waals surface area contributed by atoms with Crippen LogP contribution in [0.2, 0.25) is 0 Å². The number of hydrogen-bond acceptors (Lipinski definition) is 5. The number of rotatable bonds is 5. The van der Waals surface area contributed by atoms with Crippen LogP contribution in [0.25, 0.3) is 0 Å². The fourth-order valence-corrected chi connectivity index (χ4v) is 3.71. The first kappa shape index (κ1) is 17.0. The molecule has 1 aromatic carbocycles. The molecule has 5 heteroatoms. The Hall–Kier alpha value is -1.88. The molecule has 2 heterocycles. The number of ether oxygens (including phenoxy) is 1. The monoisotopic (exact) mass is 330 g/mol. The third-order valence-electron chi connectivity index (χ3n) is 5.08. The van der Waals surface area contributed by atoms with Gasteiger partial charge in [-0.1, -0.05) is 29.4 Å². The number of esters is 1. The van der Waals surface area contributed by atoms with Crippen LogP contribution in [0, 0.1) is 12.3 Å². The van der Waals surface area contributed by atoms with E-state index in [0.717, 1.165) is 43.6 Å². The molecule has 0 spiro atoms. The summed E-state index contributed by atoms with van der Waals surface area (Å²) in [7, 11) is 0. The molecule has 1 fully saturated rings. The Bertz CT molecular complexity index is 621. The van der Waals surface area contributed by atoms with Gasteiger partial charge in [-0.05, 0) is 45.3 Å². The van der Waals surface area contributed by atoms with Crippen LogP contribution in [0.1, 0.15) is 43.7 Å². The second-order valence-electron chi connectivity index (χ2n) is 6.74. The number of benzene rings is 1. The van der Waals surface area contributed by atoms with Crippen molar-refractivity contribution < 1.29 is 14.4 Å². The molecule has 1 saturated heterocycles. The molecule has 2 aliphatic rings. The maximum absolute atomic E-state index is 12.6. The maximum atomic E-state index is 12.6. The lowest BCUT2D eigenvalue weighted by molar-refractivity contribution is -0.160. The van der Waals surface area contributed by atoms with Crippen LogP contribution in [0.4, 0.5) is 0 Å². The van der Waals surface area contributed by atoms with Crippen LogP contribution in [0.5, 0.6) is 0 Å². The van der Waals surface area contributed by atoms with Gasteiger partial charge in [0.2, 0.25) is 0 Å². The van der Waals surface area contributed by atoms with Crippen LogP contribution in [-0.2, 0) is 14.4 Å². The molecule has 130 valence electrons. The minimum atomic E-state index is -0.442. The zero-order valence-electron chi connectivity index (χ0n) is 14.5. The first-order valence-corrected chi connectivity index (χ1v) is 8.81. The van der Waals surface area contributed by atoms with Gasteiger partial charge in [0.15, 0.2) is 0 Å². The minimum absolute atomic E-state index is 0.0536. The summed E-state index contributed by atoms with van der Waals surface area (Å²) in [6, 6.07) is 8.20. The van der Waals surface area contributed by atoms with Crippen molar-refractivity contribution in [2.75, 3.05) is 19.7 Å². The zero-order chi connectivity index (χ0) is 17.0. The van der Waals surface area contributed by atoms with Crippen molar-refractivity contribution in [1.82, 2.24) is 5.32 Å². The van der Waals surface area contributed by atoms with Gasteiger partial charge in [-0.3, -0.25) is 4.79 Å². The average Bonchev–Trinajstić information content (AvgIpc) is 3.04. The number of carbonyl (C=O) groups excluding carboxylic acids is 1. The molecule has 0 unspecified atom stereocenters. The highest BCUT2D eigenvalue weighted by Gasteiger charge is 2.44. The maximum Gasteiger partial charge on any atom is 0.312 e. The van der Waals surface area contributed by atoms with Crippen molar-refractivity contribution >= 4 is 11.7 Å². The molecule has 1 atom stereocenters. The van der Waals surface area contributed by atoms with E-state index in [-0.39, 0.29) is 12.1 Å². The molecule has 24 heavy (non-hydrogen) atoms. The van der Waals surface area contributed by atoms with Crippen molar-refractivity contribution in [2.24, 2.45) is 10.6 Å². The predicted molar refractivity (Wildman–Crippen MR) is 93.0 cm³/mol. The largest absolute Gasteiger partial charge is 0.466 e. The number of hydrogen-bond donors (Lipinski definition) is 1. The van der Waals surface area contributed by atoms with Gasteiger partial charge in [0.05, 0.1) is 17.7 Å². The van der Waals surface area contributed by atoms with E-state index in [1.165, 1.54) is 5.56 Å². The SMILES string of the molecule is CCOC(=O)C1(C[C@H]2CC(c3ccccc3C)=NO2)CCNCC1. The number of oxime groups is 1. The molecule has 3 rings (SSSR count). The van der Waals surface area contributed by atoms with E-state index in [1.54, 1.807) is 0 Å². The van der Waals surface area contributed by atoms with Crippen LogP contribution in [0.15, 0.2) is 29.4 Å². The standard InChI is InChI=1S/C19H26N2O3/c1-3-23-18(22)19(8-10-20-11-9-19)13-15-12-17(21-24-15)16-7-5-4-6-14(16)2/h4-7,15,20H,3,8-13H2,1-2H3/t15-/m1/s1. The number of nitrogens with one attached hydrogen (secondary N) is 1. The van der Waals surface area contributed by atoms with Gasteiger partial charge in [-0.2, -0.15) is 0 Å². The molecule has 2 aliphatic heterocycles. The number of nitrogens with zero attached hydrogens (tertiary/aromatic N) is 1. The molecule has 0 bridgehead atoms. The van der Waals surface area contributed by atoms with Gasteiger partial charge in [0, 0.05) is 18.4 Å². The first-order chi connectivity index (χ1) is 11.6. The lowest BCUT2D eigenvalue weighted by atomic mass is 9.74. The Kier molecular flexibility index (Phi) is 5.19. The predicted octanol–water partition coefficient (Wildman–Crippen LogP) is 2.81. The van der Waals surface area contributed by atoms with Gasteiger partial charge in [0.25, 0.3) is 0 Å². The Labute approximate surface area is 143 Å². The summed E-state index contributed by atoms with van der Waals surface area (Å²) in [5.41, 5.74) is 2.87. The zero-order valence-corrected chi connectivity index (χ0v) is 14.5. The number of carbonyl (C=O) groups is 1. The van der Waals surface area contributed by atoms with Gasteiger partial charge in [-0.15, -0.1) is 0 Å². The molecular weight excluding hydrogens is 304 g/mol. The van der Waals surface area contributed by atoms with Crippen molar-refractivity contribution in [2.45, 2.75) is 45.6 Å². The lowest BCUT2D eigenvalue weighted by Gasteiger charge is -2.36. The second-order valence-corrected chi connectivity index (χ2v) is 6.74. The summed E-state index contributed by atoms with van der Waals surface area (Å²) < 4.78 is 5.37. The molecule has 1 aromatic rings. The average molecular weight is 330 g/mol. The molecule has 0 saturated carbocycles. The van der Waals surface area contributed by atoms with E-state index in [0.29, 0.717) is 13.0 Å². The Balaban J connectivity index is 1.69. The summed E-state index contributed by atoms with van der Waals surface area (Å²) in [4.78, 5) is 18.3. The molecule has 0 amide bonds. The van der Waals surface area contributed by atoms with Gasteiger partial charge >= 0.3 is 5.97 Å². The first-order valence-electron chi connectivity index (χ1n) is 8.81. The fourth-order valence-electron chi connectivity index (χ4n) is 3.71. The highest BCUT2D eigenvalue weighted by molar-refractivity contribution is 6.02. The van der Waals surface area contributed by atoms with E-state index >= 15 is 0 Å². The van der Waals surface area contributed by atoms with E-state index < -0.39 is 5.41 Å². The number of piperidine rings is 1. The third-order valence-corrected chi connectivity index (χ3v) is 5.08. The summed E-state index contributed by atoms with van der Waals surface area (Å²) in [6.07, 6.45) is 2.96. The second kappa shape index (κ2) is 7.34. The molecule has 0 aromatic heterocycles. The van der Waals surface area contributed by atoms with Crippen molar-refractivity contribution in [3.05, 3.63) is 35.4 Å². The van der Waals surface area contributed by atoms with E-state index in [2.05, 4.69) is 29.5 Å². The van der Waals surface area contributed by atoms with Crippen LogP contribution in [0.3, 0.4) is 0 Å². The highest BCUT2D eigenvalue weighted by Crippen LogP contribution is 2.38.